The largest absolute Gasteiger partial charge is 0.395 e. The Labute approximate surface area is 106 Å². The third-order valence-corrected chi connectivity index (χ3v) is 3.04. The quantitative estimate of drug-likeness (QED) is 0.774. The van der Waals surface area contributed by atoms with Gasteiger partial charge in [-0.15, -0.1) is 0 Å². The molecule has 18 heavy (non-hydrogen) atoms. The van der Waals surface area contributed by atoms with Crippen LogP contribution in [0.15, 0.2) is 18.5 Å². The molecule has 1 amide bonds. The number of rotatable bonds is 4. The fourth-order valence-corrected chi connectivity index (χ4v) is 2.15. The number of aliphatic hydroxyl groups excluding tert-OH is 1. The van der Waals surface area contributed by atoms with E-state index in [9.17, 15) is 4.79 Å². The summed E-state index contributed by atoms with van der Waals surface area (Å²) >= 11 is 0. The smallest absolute Gasteiger partial charge is 0.225 e. The molecule has 2 heterocycles. The van der Waals surface area contributed by atoms with Gasteiger partial charge >= 0.3 is 0 Å². The molecule has 1 aliphatic heterocycles. The van der Waals surface area contributed by atoms with Crippen LogP contribution >= 0.6 is 0 Å². The fourth-order valence-electron chi connectivity index (χ4n) is 2.15. The number of nitrogens with one attached hydrogen (secondary N) is 1. The Hall–Kier alpha value is -1.69. The van der Waals surface area contributed by atoms with Gasteiger partial charge in [0.05, 0.1) is 12.5 Å². The van der Waals surface area contributed by atoms with Crippen molar-refractivity contribution < 1.29 is 9.90 Å². The molecule has 0 spiro atoms. The molecule has 0 bridgehead atoms. The third-order valence-electron chi connectivity index (χ3n) is 3.04. The van der Waals surface area contributed by atoms with E-state index < -0.39 is 0 Å². The Morgan fingerprint density at radius 3 is 3.00 bits per heavy atom. The van der Waals surface area contributed by atoms with Gasteiger partial charge in [0, 0.05) is 32.0 Å². The fraction of sp³-hybridized carbons (Fsp3) is 0.583. The number of nitrogens with zero attached hydrogens (tertiary/aromatic N) is 3. The topological polar surface area (TPSA) is 78.4 Å². The van der Waals surface area contributed by atoms with Crippen LogP contribution in [0.2, 0.25) is 0 Å². The Kier molecular flexibility index (Phi) is 4.46. The molecule has 6 heteroatoms. The SMILES string of the molecule is O=C(NCCO)[C@@H]1CCCN(c2ncccn2)C1. The van der Waals surface area contributed by atoms with Crippen molar-refractivity contribution in [3.05, 3.63) is 18.5 Å². The van der Waals surface area contributed by atoms with Gasteiger partial charge in [-0.25, -0.2) is 9.97 Å². The van der Waals surface area contributed by atoms with Gasteiger partial charge in [-0.1, -0.05) is 0 Å². The second-order valence-corrected chi connectivity index (χ2v) is 4.35. The first-order valence-electron chi connectivity index (χ1n) is 6.22. The molecule has 6 nitrogen and oxygen atoms in total. The Bertz CT molecular complexity index is 385. The summed E-state index contributed by atoms with van der Waals surface area (Å²) in [6, 6.07) is 1.78. The Balaban J connectivity index is 1.94. The molecular formula is C12H18N4O2. The van der Waals surface area contributed by atoms with Crippen LogP contribution in [0, 0.1) is 5.92 Å². The van der Waals surface area contributed by atoms with Gasteiger partial charge in [0.15, 0.2) is 0 Å². The predicted molar refractivity (Wildman–Crippen MR) is 67.1 cm³/mol. The van der Waals surface area contributed by atoms with Gasteiger partial charge in [-0.3, -0.25) is 4.79 Å². The van der Waals surface area contributed by atoms with Gasteiger partial charge in [-0.2, -0.15) is 0 Å². The first-order chi connectivity index (χ1) is 8.81. The van der Waals surface area contributed by atoms with Crippen molar-refractivity contribution in [1.82, 2.24) is 15.3 Å². The molecule has 1 aliphatic rings. The van der Waals surface area contributed by atoms with E-state index in [-0.39, 0.29) is 18.4 Å². The zero-order chi connectivity index (χ0) is 12.8. The molecule has 2 N–H and O–H groups in total. The number of hydrogen-bond donors (Lipinski definition) is 2. The van der Waals surface area contributed by atoms with E-state index in [1.807, 2.05) is 4.90 Å². The van der Waals surface area contributed by atoms with Crippen molar-refractivity contribution in [2.45, 2.75) is 12.8 Å². The highest BCUT2D eigenvalue weighted by atomic mass is 16.3. The molecule has 2 rings (SSSR count). The molecule has 0 aromatic carbocycles. The summed E-state index contributed by atoms with van der Waals surface area (Å²) in [5.74, 6) is 0.635. The summed E-state index contributed by atoms with van der Waals surface area (Å²) in [4.78, 5) is 22.3. The Morgan fingerprint density at radius 2 is 2.28 bits per heavy atom. The lowest BCUT2D eigenvalue weighted by molar-refractivity contribution is -0.125. The summed E-state index contributed by atoms with van der Waals surface area (Å²) in [5, 5.41) is 11.4. The maximum Gasteiger partial charge on any atom is 0.225 e. The highest BCUT2D eigenvalue weighted by Crippen LogP contribution is 2.19. The van der Waals surface area contributed by atoms with E-state index in [0.29, 0.717) is 19.0 Å². The van der Waals surface area contributed by atoms with E-state index in [2.05, 4.69) is 15.3 Å². The summed E-state index contributed by atoms with van der Waals surface area (Å²) in [5.41, 5.74) is 0. The molecule has 1 saturated heterocycles. The molecule has 1 aromatic heterocycles. The first kappa shape index (κ1) is 12.8. The molecule has 98 valence electrons. The van der Waals surface area contributed by atoms with Crippen LogP contribution in [0.25, 0.3) is 0 Å². The van der Waals surface area contributed by atoms with Crippen molar-refractivity contribution in [2.24, 2.45) is 5.92 Å². The lowest BCUT2D eigenvalue weighted by Gasteiger charge is -2.31. The summed E-state index contributed by atoms with van der Waals surface area (Å²) in [6.07, 6.45) is 5.24. The minimum absolute atomic E-state index is 0.00433. The minimum atomic E-state index is -0.0471. The van der Waals surface area contributed by atoms with Crippen LogP contribution in [-0.4, -0.2) is 47.2 Å². The van der Waals surface area contributed by atoms with E-state index in [0.717, 1.165) is 19.4 Å². The lowest BCUT2D eigenvalue weighted by Crippen LogP contribution is -2.44. The highest BCUT2D eigenvalue weighted by Gasteiger charge is 2.26. The van der Waals surface area contributed by atoms with Gasteiger partial charge in [0.2, 0.25) is 11.9 Å². The van der Waals surface area contributed by atoms with Crippen molar-refractivity contribution in [3.8, 4) is 0 Å². The Morgan fingerprint density at radius 1 is 1.50 bits per heavy atom. The zero-order valence-electron chi connectivity index (χ0n) is 10.2. The van der Waals surface area contributed by atoms with Gasteiger partial charge in [0.25, 0.3) is 0 Å². The van der Waals surface area contributed by atoms with E-state index in [4.69, 9.17) is 5.11 Å². The standard InChI is InChI=1S/C12H18N4O2/c17-8-6-13-11(18)10-3-1-7-16(9-10)12-14-4-2-5-15-12/h2,4-5,10,17H,1,3,6-9H2,(H,13,18)/t10-/m1/s1. The van der Waals surface area contributed by atoms with Crippen LogP contribution in [0.1, 0.15) is 12.8 Å². The average Bonchev–Trinajstić information content (AvgIpc) is 2.46. The molecule has 1 fully saturated rings. The normalized spacial score (nSPS) is 19.6. The predicted octanol–water partition coefficient (Wildman–Crippen LogP) is -0.199. The highest BCUT2D eigenvalue weighted by molar-refractivity contribution is 5.79. The van der Waals surface area contributed by atoms with Crippen LogP contribution in [0.5, 0.6) is 0 Å². The molecule has 0 saturated carbocycles. The van der Waals surface area contributed by atoms with Crippen LogP contribution in [0.3, 0.4) is 0 Å². The summed E-state index contributed by atoms with van der Waals surface area (Å²) < 4.78 is 0. The number of piperidine rings is 1. The number of aromatic nitrogens is 2. The number of carbonyl (C=O) groups excluding carboxylic acids is 1. The van der Waals surface area contributed by atoms with Crippen molar-refractivity contribution in [3.63, 3.8) is 0 Å². The zero-order valence-corrected chi connectivity index (χ0v) is 10.2. The third kappa shape index (κ3) is 3.16. The van der Waals surface area contributed by atoms with Crippen molar-refractivity contribution in [2.75, 3.05) is 31.1 Å². The summed E-state index contributed by atoms with van der Waals surface area (Å²) in [7, 11) is 0. The van der Waals surface area contributed by atoms with Gasteiger partial charge in [-0.05, 0) is 18.9 Å². The number of aliphatic hydroxyl groups is 1. The lowest BCUT2D eigenvalue weighted by atomic mass is 9.97. The molecular weight excluding hydrogens is 232 g/mol. The van der Waals surface area contributed by atoms with Crippen LogP contribution in [0.4, 0.5) is 5.95 Å². The molecule has 1 aromatic rings. The molecule has 0 radical (unpaired) electrons. The number of anilines is 1. The second kappa shape index (κ2) is 6.30. The maximum atomic E-state index is 11.8. The first-order valence-corrected chi connectivity index (χ1v) is 6.22. The van der Waals surface area contributed by atoms with Gasteiger partial charge in [0.1, 0.15) is 0 Å². The minimum Gasteiger partial charge on any atom is -0.395 e. The van der Waals surface area contributed by atoms with E-state index in [1.54, 1.807) is 18.5 Å². The van der Waals surface area contributed by atoms with Gasteiger partial charge < -0.3 is 15.3 Å². The maximum absolute atomic E-state index is 11.8. The number of amides is 1. The van der Waals surface area contributed by atoms with E-state index in [1.165, 1.54) is 0 Å². The van der Waals surface area contributed by atoms with Crippen molar-refractivity contribution in [1.29, 1.82) is 0 Å². The van der Waals surface area contributed by atoms with E-state index >= 15 is 0 Å². The number of carbonyl (C=O) groups is 1. The van der Waals surface area contributed by atoms with Crippen LogP contribution in [-0.2, 0) is 4.79 Å². The molecule has 1 atom stereocenters. The number of hydrogen-bond acceptors (Lipinski definition) is 5. The average molecular weight is 250 g/mol. The van der Waals surface area contributed by atoms with Crippen molar-refractivity contribution >= 4 is 11.9 Å². The van der Waals surface area contributed by atoms with Crippen LogP contribution < -0.4 is 10.2 Å². The summed E-state index contributed by atoms with van der Waals surface area (Å²) in [6.45, 7) is 1.82. The second-order valence-electron chi connectivity index (χ2n) is 4.35. The molecule has 0 unspecified atom stereocenters. The molecule has 0 aliphatic carbocycles. The monoisotopic (exact) mass is 250 g/mol.